The lowest BCUT2D eigenvalue weighted by atomic mass is 9.97. The summed E-state index contributed by atoms with van der Waals surface area (Å²) in [5.74, 6) is 1.00. The van der Waals surface area contributed by atoms with Gasteiger partial charge in [-0.15, -0.1) is 0 Å². The molecule has 0 bridgehead atoms. The summed E-state index contributed by atoms with van der Waals surface area (Å²) in [7, 11) is 0. The molecule has 0 N–H and O–H groups in total. The molecule has 4 heterocycles. The molecule has 0 saturated heterocycles. The molecule has 6 aromatic carbocycles. The normalized spacial score (nSPS) is 13.6. The zero-order chi connectivity index (χ0) is 31.7. The first-order chi connectivity index (χ1) is 23.7. The molecule has 10 aromatic rings. The first kappa shape index (κ1) is 27.0. The Bertz CT molecular complexity index is 2940. The zero-order valence-corrected chi connectivity index (χ0v) is 28.6. The molecule has 0 fully saturated rings. The molecule has 6 heteroatoms. The van der Waals surface area contributed by atoms with Gasteiger partial charge in [0.2, 0.25) is 0 Å². The molecular formula is C42H24Br2N2O2. The van der Waals surface area contributed by atoms with Gasteiger partial charge in [0.15, 0.2) is 11.2 Å². The fourth-order valence-corrected chi connectivity index (χ4v) is 9.07. The standard InChI is InChI=1S/C42H24Br2N2O2/c43-39-40(44)42-38(30-22-24(18-20-36(30)48-42)46-33-15-7-3-11-27(33)28-12-4-8-16-34(28)46)37-29-21-23(17-19-35(29)47-41(37)39)45-31-13-5-1-9-25(31)26-10-2-6-14-32(26)45/h1-17,19,21-22H,18,20H2. The summed E-state index contributed by atoms with van der Waals surface area (Å²) in [5.41, 5.74) is 10.8. The van der Waals surface area contributed by atoms with Crippen LogP contribution in [-0.2, 0) is 6.42 Å². The number of rotatable bonds is 2. The predicted octanol–water partition coefficient (Wildman–Crippen LogP) is 13.0. The minimum Gasteiger partial charge on any atom is -0.459 e. The lowest BCUT2D eigenvalue weighted by Crippen LogP contribution is -2.03. The van der Waals surface area contributed by atoms with Crippen molar-refractivity contribution in [2.24, 2.45) is 0 Å². The number of hydrogen-bond acceptors (Lipinski definition) is 2. The first-order valence-electron chi connectivity index (χ1n) is 16.1. The number of hydrogen-bond donors (Lipinski definition) is 0. The maximum atomic E-state index is 6.71. The van der Waals surface area contributed by atoms with Crippen LogP contribution in [0.15, 0.2) is 133 Å². The number of aromatic nitrogens is 2. The summed E-state index contributed by atoms with van der Waals surface area (Å²) in [6, 6.07) is 41.2. The third-order valence-electron chi connectivity index (χ3n) is 10.2. The number of allylic oxidation sites excluding steroid dienone is 1. The quantitative estimate of drug-likeness (QED) is 0.176. The average Bonchev–Trinajstić information content (AvgIpc) is 3.88. The molecule has 0 spiro atoms. The molecule has 228 valence electrons. The fraction of sp³-hybridized carbons (Fsp3) is 0.0476. The van der Waals surface area contributed by atoms with E-state index in [1.165, 1.54) is 49.3 Å². The Labute approximate surface area is 290 Å². The van der Waals surface area contributed by atoms with Gasteiger partial charge in [-0.2, -0.15) is 0 Å². The van der Waals surface area contributed by atoms with E-state index in [2.05, 4.69) is 162 Å². The highest BCUT2D eigenvalue weighted by Gasteiger charge is 2.28. The van der Waals surface area contributed by atoms with E-state index in [-0.39, 0.29) is 0 Å². The van der Waals surface area contributed by atoms with Crippen molar-refractivity contribution < 1.29 is 8.83 Å². The van der Waals surface area contributed by atoms with Crippen LogP contribution < -0.4 is 0 Å². The topological polar surface area (TPSA) is 36.1 Å². The second-order valence-corrected chi connectivity index (χ2v) is 14.2. The molecular weight excluding hydrogens is 724 g/mol. The average molecular weight is 748 g/mol. The minimum absolute atomic E-state index is 0.810. The van der Waals surface area contributed by atoms with Gasteiger partial charge in [0.25, 0.3) is 0 Å². The van der Waals surface area contributed by atoms with Gasteiger partial charge in [-0.25, -0.2) is 0 Å². The Morgan fingerprint density at radius 3 is 1.60 bits per heavy atom. The number of aryl methyl sites for hydroxylation is 1. The zero-order valence-electron chi connectivity index (χ0n) is 25.4. The highest BCUT2D eigenvalue weighted by molar-refractivity contribution is 9.13. The van der Waals surface area contributed by atoms with Crippen molar-refractivity contribution in [3.8, 4) is 5.69 Å². The summed E-state index contributed by atoms with van der Waals surface area (Å²) in [5, 5.41) is 8.21. The molecule has 0 radical (unpaired) electrons. The molecule has 11 rings (SSSR count). The Hall–Kier alpha value is -5.04. The summed E-state index contributed by atoms with van der Waals surface area (Å²) >= 11 is 7.74. The number of furan rings is 2. The SMILES string of the molecule is Brc1c(Br)c2oc3ccc(-n4c5ccccc5c5ccccc54)cc3c2c2c3c(oc12)CCC(n1c2ccccc2c2ccccc21)=C3. The first-order valence-corrected chi connectivity index (χ1v) is 17.7. The predicted molar refractivity (Wildman–Crippen MR) is 205 cm³/mol. The molecule has 4 nitrogen and oxygen atoms in total. The van der Waals surface area contributed by atoms with Crippen molar-refractivity contribution in [1.82, 2.24) is 9.13 Å². The van der Waals surface area contributed by atoms with Crippen molar-refractivity contribution in [2.75, 3.05) is 0 Å². The van der Waals surface area contributed by atoms with E-state index in [4.69, 9.17) is 8.83 Å². The molecule has 1 aliphatic carbocycles. The van der Waals surface area contributed by atoms with Crippen LogP contribution in [0.1, 0.15) is 17.7 Å². The molecule has 1 aliphatic rings. The Morgan fingerprint density at radius 2 is 1.02 bits per heavy atom. The van der Waals surface area contributed by atoms with Crippen molar-refractivity contribution in [1.29, 1.82) is 0 Å². The Morgan fingerprint density at radius 1 is 0.500 bits per heavy atom. The molecule has 0 atom stereocenters. The van der Waals surface area contributed by atoms with Crippen molar-refractivity contribution in [3.63, 3.8) is 0 Å². The molecule has 0 saturated carbocycles. The minimum atomic E-state index is 0.810. The van der Waals surface area contributed by atoms with Crippen LogP contribution in [0.4, 0.5) is 0 Å². The second kappa shape index (κ2) is 9.75. The number of para-hydroxylation sites is 4. The third kappa shape index (κ3) is 3.49. The Kier molecular flexibility index (Phi) is 5.48. The van der Waals surface area contributed by atoms with Crippen LogP contribution in [0.2, 0.25) is 0 Å². The van der Waals surface area contributed by atoms with Crippen LogP contribution in [0.25, 0.3) is 94.0 Å². The summed E-state index contributed by atoms with van der Waals surface area (Å²) in [6.07, 6.45) is 4.03. The molecule has 0 aliphatic heterocycles. The second-order valence-electron chi connectivity index (χ2n) is 12.6. The van der Waals surface area contributed by atoms with E-state index in [0.29, 0.717) is 0 Å². The van der Waals surface area contributed by atoms with Gasteiger partial charge in [-0.1, -0.05) is 72.8 Å². The lowest BCUT2D eigenvalue weighted by Gasteiger charge is -2.16. The van der Waals surface area contributed by atoms with E-state index >= 15 is 0 Å². The molecule has 0 amide bonds. The number of nitrogens with zero attached hydrogens (tertiary/aromatic N) is 2. The largest absolute Gasteiger partial charge is 0.459 e. The monoisotopic (exact) mass is 746 g/mol. The van der Waals surface area contributed by atoms with E-state index in [9.17, 15) is 0 Å². The van der Waals surface area contributed by atoms with E-state index in [0.717, 1.165) is 71.7 Å². The van der Waals surface area contributed by atoms with E-state index < -0.39 is 0 Å². The van der Waals surface area contributed by atoms with E-state index in [1.807, 2.05) is 0 Å². The molecule has 48 heavy (non-hydrogen) atoms. The maximum absolute atomic E-state index is 6.71. The van der Waals surface area contributed by atoms with E-state index in [1.54, 1.807) is 0 Å². The van der Waals surface area contributed by atoms with Gasteiger partial charge in [-0.3, -0.25) is 0 Å². The van der Waals surface area contributed by atoms with Crippen LogP contribution >= 0.6 is 31.9 Å². The van der Waals surface area contributed by atoms with Crippen LogP contribution in [0.3, 0.4) is 0 Å². The molecule has 0 unspecified atom stereocenters. The van der Waals surface area contributed by atoms with Crippen LogP contribution in [-0.4, -0.2) is 9.13 Å². The van der Waals surface area contributed by atoms with Gasteiger partial charge in [0.05, 0.1) is 31.0 Å². The maximum Gasteiger partial charge on any atom is 0.151 e. The van der Waals surface area contributed by atoms with Gasteiger partial charge < -0.3 is 18.0 Å². The Balaban J connectivity index is 1.22. The summed E-state index contributed by atoms with van der Waals surface area (Å²) in [4.78, 5) is 0. The van der Waals surface area contributed by atoms with Gasteiger partial charge in [0, 0.05) is 61.1 Å². The lowest BCUT2D eigenvalue weighted by molar-refractivity contribution is 0.544. The van der Waals surface area contributed by atoms with Crippen molar-refractivity contribution >= 4 is 120 Å². The van der Waals surface area contributed by atoms with Crippen molar-refractivity contribution in [2.45, 2.75) is 12.8 Å². The smallest absolute Gasteiger partial charge is 0.151 e. The van der Waals surface area contributed by atoms with Gasteiger partial charge >= 0.3 is 0 Å². The number of halogens is 2. The van der Waals surface area contributed by atoms with Crippen molar-refractivity contribution in [3.05, 3.63) is 136 Å². The summed E-state index contributed by atoms with van der Waals surface area (Å²) < 4.78 is 19.9. The summed E-state index contributed by atoms with van der Waals surface area (Å²) in [6.45, 7) is 0. The third-order valence-corrected chi connectivity index (χ3v) is 12.2. The highest BCUT2D eigenvalue weighted by atomic mass is 79.9. The van der Waals surface area contributed by atoms with Crippen LogP contribution in [0, 0.1) is 0 Å². The number of benzene rings is 6. The molecule has 4 aromatic heterocycles. The van der Waals surface area contributed by atoms with Gasteiger partial charge in [-0.05, 0) is 86.8 Å². The number of fused-ring (bicyclic) bond motifs is 13. The fourth-order valence-electron chi connectivity index (χ4n) is 8.15. The highest BCUT2D eigenvalue weighted by Crippen LogP contribution is 2.49. The van der Waals surface area contributed by atoms with Crippen LogP contribution in [0.5, 0.6) is 0 Å². The van der Waals surface area contributed by atoms with Gasteiger partial charge in [0.1, 0.15) is 11.3 Å².